The molecule has 150 valence electrons. The van der Waals surface area contributed by atoms with Gasteiger partial charge in [-0.15, -0.1) is 0 Å². The summed E-state index contributed by atoms with van der Waals surface area (Å²) in [6.45, 7) is 2.41. The molecule has 3 aliphatic rings. The quantitative estimate of drug-likeness (QED) is 0.797. The normalized spacial score (nSPS) is 22.6. The molecule has 0 N–H and O–H groups in total. The molecule has 1 fully saturated rings. The SMILES string of the molecule is O=C(OCc1ccccc1)N1C2C=C(c3ccc4c(c3)OCCO4)CC1COC2. The van der Waals surface area contributed by atoms with Gasteiger partial charge in [0.2, 0.25) is 0 Å². The molecule has 29 heavy (non-hydrogen) atoms. The smallest absolute Gasteiger partial charge is 0.411 e. The predicted molar refractivity (Wildman–Crippen MR) is 107 cm³/mol. The van der Waals surface area contributed by atoms with Crippen LogP contribution in [0.25, 0.3) is 5.57 Å². The Morgan fingerprint density at radius 1 is 1.03 bits per heavy atom. The number of hydrogen-bond donors (Lipinski definition) is 0. The number of ether oxygens (including phenoxy) is 4. The van der Waals surface area contributed by atoms with Gasteiger partial charge in [-0.2, -0.15) is 0 Å². The third-order valence-electron chi connectivity index (χ3n) is 5.53. The number of nitrogens with zero attached hydrogens (tertiary/aromatic N) is 1. The van der Waals surface area contributed by atoms with E-state index in [0.717, 1.165) is 29.0 Å². The van der Waals surface area contributed by atoms with Gasteiger partial charge in [-0.05, 0) is 35.3 Å². The van der Waals surface area contributed by atoms with Gasteiger partial charge in [0.25, 0.3) is 0 Å². The molecule has 6 nitrogen and oxygen atoms in total. The summed E-state index contributed by atoms with van der Waals surface area (Å²) >= 11 is 0. The first-order chi connectivity index (χ1) is 14.3. The number of rotatable bonds is 3. The maximum Gasteiger partial charge on any atom is 0.411 e. The average Bonchev–Trinajstić information content (AvgIpc) is 2.77. The number of morpholine rings is 1. The van der Waals surface area contributed by atoms with Crippen LogP contribution in [0.1, 0.15) is 17.5 Å². The molecule has 2 unspecified atom stereocenters. The molecule has 0 radical (unpaired) electrons. The second-order valence-electron chi connectivity index (χ2n) is 7.46. The van der Waals surface area contributed by atoms with Crippen LogP contribution in [0, 0.1) is 0 Å². The fraction of sp³-hybridized carbons (Fsp3) is 0.348. The van der Waals surface area contributed by atoms with Gasteiger partial charge in [0.15, 0.2) is 11.5 Å². The maximum absolute atomic E-state index is 12.8. The van der Waals surface area contributed by atoms with Crippen LogP contribution in [-0.2, 0) is 16.1 Å². The molecule has 0 saturated carbocycles. The van der Waals surface area contributed by atoms with E-state index in [0.29, 0.717) is 26.4 Å². The Bertz CT molecular complexity index is 926. The summed E-state index contributed by atoms with van der Waals surface area (Å²) in [5.74, 6) is 1.56. The molecule has 1 saturated heterocycles. The van der Waals surface area contributed by atoms with Gasteiger partial charge in [-0.3, -0.25) is 4.90 Å². The molecular weight excluding hydrogens is 370 g/mol. The van der Waals surface area contributed by atoms with Crippen molar-refractivity contribution in [3.05, 3.63) is 65.7 Å². The highest BCUT2D eigenvalue weighted by atomic mass is 16.6. The lowest BCUT2D eigenvalue weighted by Crippen LogP contribution is -2.56. The summed E-state index contributed by atoms with van der Waals surface area (Å²) in [5, 5.41) is 0. The summed E-state index contributed by atoms with van der Waals surface area (Å²) in [4.78, 5) is 14.6. The second kappa shape index (κ2) is 7.79. The van der Waals surface area contributed by atoms with Crippen molar-refractivity contribution in [2.24, 2.45) is 0 Å². The van der Waals surface area contributed by atoms with Gasteiger partial charge in [-0.25, -0.2) is 4.79 Å². The van der Waals surface area contributed by atoms with Crippen LogP contribution in [0.15, 0.2) is 54.6 Å². The van der Waals surface area contributed by atoms with E-state index in [4.69, 9.17) is 18.9 Å². The number of carbonyl (C=O) groups is 1. The van der Waals surface area contributed by atoms with Crippen LogP contribution in [-0.4, -0.2) is 49.5 Å². The van der Waals surface area contributed by atoms with Crippen LogP contribution in [0.5, 0.6) is 11.5 Å². The Labute approximate surface area is 169 Å². The monoisotopic (exact) mass is 393 g/mol. The van der Waals surface area contributed by atoms with Gasteiger partial charge in [-0.1, -0.05) is 42.5 Å². The zero-order valence-corrected chi connectivity index (χ0v) is 16.1. The molecule has 2 bridgehead atoms. The number of benzene rings is 2. The summed E-state index contributed by atoms with van der Waals surface area (Å²) in [6.07, 6.45) is 2.55. The average molecular weight is 393 g/mol. The number of hydrogen-bond acceptors (Lipinski definition) is 5. The molecule has 3 heterocycles. The first-order valence-electron chi connectivity index (χ1n) is 9.95. The van der Waals surface area contributed by atoms with Crippen LogP contribution in [0.2, 0.25) is 0 Å². The molecule has 2 atom stereocenters. The van der Waals surface area contributed by atoms with Crippen LogP contribution in [0.4, 0.5) is 4.79 Å². The molecule has 0 spiro atoms. The first-order valence-corrected chi connectivity index (χ1v) is 9.95. The molecule has 1 amide bonds. The highest BCUT2D eigenvalue weighted by Crippen LogP contribution is 2.37. The van der Waals surface area contributed by atoms with E-state index in [-0.39, 0.29) is 24.8 Å². The minimum Gasteiger partial charge on any atom is -0.486 e. The molecule has 2 aromatic rings. The Morgan fingerprint density at radius 3 is 2.69 bits per heavy atom. The Hall–Kier alpha value is -2.99. The van der Waals surface area contributed by atoms with Gasteiger partial charge in [0.1, 0.15) is 19.8 Å². The second-order valence-corrected chi connectivity index (χ2v) is 7.46. The summed E-state index contributed by atoms with van der Waals surface area (Å²) < 4.78 is 22.6. The summed E-state index contributed by atoms with van der Waals surface area (Å²) in [7, 11) is 0. The molecule has 5 rings (SSSR count). The Morgan fingerprint density at radius 2 is 1.86 bits per heavy atom. The van der Waals surface area contributed by atoms with E-state index in [2.05, 4.69) is 12.1 Å². The van der Waals surface area contributed by atoms with Crippen LogP contribution in [0.3, 0.4) is 0 Å². The van der Waals surface area contributed by atoms with E-state index >= 15 is 0 Å². The fourth-order valence-corrected chi connectivity index (χ4v) is 4.13. The number of amides is 1. The van der Waals surface area contributed by atoms with Crippen LogP contribution >= 0.6 is 0 Å². The lowest BCUT2D eigenvalue weighted by atomic mass is 9.90. The zero-order valence-electron chi connectivity index (χ0n) is 16.1. The van der Waals surface area contributed by atoms with E-state index in [1.54, 1.807) is 0 Å². The van der Waals surface area contributed by atoms with Gasteiger partial charge in [0, 0.05) is 0 Å². The third-order valence-corrected chi connectivity index (χ3v) is 5.53. The highest BCUT2D eigenvalue weighted by Gasteiger charge is 2.39. The Balaban J connectivity index is 1.33. The standard InChI is InChI=1S/C23H23NO5/c25-23(29-13-16-4-2-1-3-5-16)24-19-10-18(11-20(24)15-26-14-19)17-6-7-21-22(12-17)28-9-8-27-21/h1-7,10,12,19-20H,8-9,11,13-15H2. The number of carbonyl (C=O) groups excluding carboxylic acids is 1. The van der Waals surface area contributed by atoms with Crippen molar-refractivity contribution in [1.29, 1.82) is 0 Å². The molecular formula is C23H23NO5. The maximum atomic E-state index is 12.8. The van der Waals surface area contributed by atoms with E-state index in [1.165, 1.54) is 5.57 Å². The highest BCUT2D eigenvalue weighted by molar-refractivity contribution is 5.75. The van der Waals surface area contributed by atoms with E-state index in [1.807, 2.05) is 47.4 Å². The van der Waals surface area contributed by atoms with Crippen molar-refractivity contribution < 1.29 is 23.7 Å². The lowest BCUT2D eigenvalue weighted by molar-refractivity contribution is -0.0342. The van der Waals surface area contributed by atoms with Crippen molar-refractivity contribution in [2.75, 3.05) is 26.4 Å². The van der Waals surface area contributed by atoms with Crippen molar-refractivity contribution in [1.82, 2.24) is 4.90 Å². The number of fused-ring (bicyclic) bond motifs is 3. The van der Waals surface area contributed by atoms with E-state index < -0.39 is 0 Å². The fourth-order valence-electron chi connectivity index (χ4n) is 4.13. The van der Waals surface area contributed by atoms with Crippen LogP contribution < -0.4 is 9.47 Å². The predicted octanol–water partition coefficient (Wildman–Crippen LogP) is 3.65. The third kappa shape index (κ3) is 3.68. The summed E-state index contributed by atoms with van der Waals surface area (Å²) in [6, 6.07) is 15.6. The molecule has 3 aliphatic heterocycles. The summed E-state index contributed by atoms with van der Waals surface area (Å²) in [5.41, 5.74) is 3.28. The zero-order chi connectivity index (χ0) is 19.6. The van der Waals surface area contributed by atoms with E-state index in [9.17, 15) is 4.79 Å². The topological polar surface area (TPSA) is 57.2 Å². The van der Waals surface area contributed by atoms with Crippen molar-refractivity contribution >= 4 is 11.7 Å². The lowest BCUT2D eigenvalue weighted by Gasteiger charge is -2.43. The van der Waals surface area contributed by atoms with Gasteiger partial charge in [0.05, 0.1) is 25.3 Å². The largest absolute Gasteiger partial charge is 0.486 e. The van der Waals surface area contributed by atoms with Crippen molar-refractivity contribution in [3.8, 4) is 11.5 Å². The Kier molecular flexibility index (Phi) is 4.86. The first kappa shape index (κ1) is 18.1. The molecule has 0 aliphatic carbocycles. The van der Waals surface area contributed by atoms with Gasteiger partial charge >= 0.3 is 6.09 Å². The van der Waals surface area contributed by atoms with Crippen molar-refractivity contribution in [2.45, 2.75) is 25.1 Å². The minimum absolute atomic E-state index is 0.0368. The minimum atomic E-state index is -0.287. The molecule has 0 aromatic heterocycles. The van der Waals surface area contributed by atoms with Crippen molar-refractivity contribution in [3.63, 3.8) is 0 Å². The molecule has 6 heteroatoms. The van der Waals surface area contributed by atoms with Gasteiger partial charge < -0.3 is 18.9 Å². The molecule has 2 aromatic carbocycles.